The molecular weight excluding hydrogens is 162 g/mol. The van der Waals surface area contributed by atoms with Crippen molar-refractivity contribution < 1.29 is 5.11 Å². The van der Waals surface area contributed by atoms with E-state index in [2.05, 4.69) is 23.6 Å². The van der Waals surface area contributed by atoms with Crippen molar-refractivity contribution in [1.82, 2.24) is 4.57 Å². The van der Waals surface area contributed by atoms with Gasteiger partial charge in [0.15, 0.2) is 0 Å². The summed E-state index contributed by atoms with van der Waals surface area (Å²) in [5.74, 6) is 0. The molecule has 1 heterocycles. The van der Waals surface area contributed by atoms with E-state index >= 15 is 0 Å². The van der Waals surface area contributed by atoms with Crippen LogP contribution in [0.25, 0.3) is 10.9 Å². The summed E-state index contributed by atoms with van der Waals surface area (Å²) < 4.78 is 2.11. The van der Waals surface area contributed by atoms with Crippen molar-refractivity contribution >= 4 is 10.9 Å². The third-order valence-electron chi connectivity index (χ3n) is 2.28. The Morgan fingerprint density at radius 2 is 2.38 bits per heavy atom. The predicted molar refractivity (Wildman–Crippen MR) is 52.6 cm³/mol. The number of rotatable bonds is 2. The number of hydrogen-bond acceptors (Lipinski definition) is 1. The standard InChI is InChI=1S/C11H12NO/c1-9-8-10-4-2-3-5-11(10)12(9)6-7-13/h3-5,8,13H,6-7H2,1H3. The molecule has 2 rings (SSSR count). The van der Waals surface area contributed by atoms with Gasteiger partial charge in [-0.05, 0) is 31.2 Å². The quantitative estimate of drug-likeness (QED) is 0.737. The van der Waals surface area contributed by atoms with E-state index in [4.69, 9.17) is 5.11 Å². The number of fused-ring (bicyclic) bond motifs is 1. The van der Waals surface area contributed by atoms with Crippen LogP contribution in [0.1, 0.15) is 5.69 Å². The lowest BCUT2D eigenvalue weighted by Crippen LogP contribution is -2.02. The van der Waals surface area contributed by atoms with E-state index in [0.29, 0.717) is 6.54 Å². The summed E-state index contributed by atoms with van der Waals surface area (Å²) in [7, 11) is 0. The van der Waals surface area contributed by atoms with Crippen LogP contribution in [0.3, 0.4) is 0 Å². The molecule has 0 saturated heterocycles. The Morgan fingerprint density at radius 1 is 1.54 bits per heavy atom. The fourth-order valence-electron chi connectivity index (χ4n) is 1.69. The van der Waals surface area contributed by atoms with Gasteiger partial charge in [0.1, 0.15) is 0 Å². The smallest absolute Gasteiger partial charge is 0.0610 e. The van der Waals surface area contributed by atoms with E-state index in [1.54, 1.807) is 0 Å². The molecular formula is C11H12NO. The van der Waals surface area contributed by atoms with Crippen LogP contribution in [-0.4, -0.2) is 16.3 Å². The molecule has 0 fully saturated rings. The first-order valence-electron chi connectivity index (χ1n) is 4.40. The maximum atomic E-state index is 8.89. The molecule has 1 N–H and O–H groups in total. The molecule has 0 amide bonds. The largest absolute Gasteiger partial charge is 0.395 e. The van der Waals surface area contributed by atoms with Crippen molar-refractivity contribution in [3.05, 3.63) is 36.0 Å². The molecule has 0 aliphatic carbocycles. The van der Waals surface area contributed by atoms with Gasteiger partial charge < -0.3 is 9.67 Å². The molecule has 0 saturated carbocycles. The summed E-state index contributed by atoms with van der Waals surface area (Å²) >= 11 is 0. The predicted octanol–water partition coefficient (Wildman–Crippen LogP) is 1.74. The van der Waals surface area contributed by atoms with Gasteiger partial charge in [0, 0.05) is 23.1 Å². The first kappa shape index (κ1) is 8.32. The average Bonchev–Trinajstić information content (AvgIpc) is 2.44. The average molecular weight is 174 g/mol. The fraction of sp³-hybridized carbons (Fsp3) is 0.273. The zero-order valence-electron chi connectivity index (χ0n) is 7.62. The number of aliphatic hydroxyl groups excluding tert-OH is 1. The molecule has 2 heteroatoms. The maximum Gasteiger partial charge on any atom is 0.0610 e. The van der Waals surface area contributed by atoms with Crippen LogP contribution in [0, 0.1) is 13.0 Å². The molecule has 0 aliphatic rings. The van der Waals surface area contributed by atoms with E-state index < -0.39 is 0 Å². The van der Waals surface area contributed by atoms with E-state index in [1.165, 1.54) is 16.6 Å². The third kappa shape index (κ3) is 1.33. The molecule has 0 bridgehead atoms. The minimum Gasteiger partial charge on any atom is -0.395 e. The lowest BCUT2D eigenvalue weighted by molar-refractivity contribution is 0.277. The second-order valence-corrected chi connectivity index (χ2v) is 3.15. The Balaban J connectivity index is 2.64. The summed E-state index contributed by atoms with van der Waals surface area (Å²) in [6.45, 7) is 2.90. The van der Waals surface area contributed by atoms with Gasteiger partial charge in [-0.2, -0.15) is 0 Å². The normalized spacial score (nSPS) is 10.9. The molecule has 0 atom stereocenters. The fourth-order valence-corrected chi connectivity index (χ4v) is 1.69. The summed E-state index contributed by atoms with van der Waals surface area (Å²) in [6.07, 6.45) is 0. The molecule has 13 heavy (non-hydrogen) atoms. The van der Waals surface area contributed by atoms with Crippen LogP contribution in [0.2, 0.25) is 0 Å². The van der Waals surface area contributed by atoms with Gasteiger partial charge >= 0.3 is 0 Å². The first-order valence-corrected chi connectivity index (χ1v) is 4.40. The highest BCUT2D eigenvalue weighted by atomic mass is 16.3. The highest BCUT2D eigenvalue weighted by Crippen LogP contribution is 2.18. The Morgan fingerprint density at radius 3 is 3.15 bits per heavy atom. The topological polar surface area (TPSA) is 25.2 Å². The Hall–Kier alpha value is -1.28. The first-order chi connectivity index (χ1) is 6.33. The second kappa shape index (κ2) is 3.23. The third-order valence-corrected chi connectivity index (χ3v) is 2.28. The van der Waals surface area contributed by atoms with Crippen LogP contribution in [0.5, 0.6) is 0 Å². The van der Waals surface area contributed by atoms with Gasteiger partial charge in [0.2, 0.25) is 0 Å². The minimum atomic E-state index is 0.184. The van der Waals surface area contributed by atoms with Crippen LogP contribution >= 0.6 is 0 Å². The summed E-state index contributed by atoms with van der Waals surface area (Å²) in [4.78, 5) is 0. The molecule has 2 aromatic rings. The molecule has 0 spiro atoms. The maximum absolute atomic E-state index is 8.89. The van der Waals surface area contributed by atoms with E-state index in [1.807, 2.05) is 18.2 Å². The zero-order chi connectivity index (χ0) is 9.26. The number of hydrogen-bond donors (Lipinski definition) is 1. The van der Waals surface area contributed by atoms with Crippen LogP contribution in [-0.2, 0) is 6.54 Å². The highest BCUT2D eigenvalue weighted by Gasteiger charge is 2.02. The number of aryl methyl sites for hydroxylation is 1. The molecule has 2 nitrogen and oxygen atoms in total. The van der Waals surface area contributed by atoms with Crippen LogP contribution in [0.15, 0.2) is 24.3 Å². The number of nitrogens with zero attached hydrogens (tertiary/aromatic N) is 1. The molecule has 1 aromatic carbocycles. The van der Waals surface area contributed by atoms with Crippen molar-refractivity contribution in [3.63, 3.8) is 0 Å². The molecule has 67 valence electrons. The van der Waals surface area contributed by atoms with Crippen molar-refractivity contribution in [2.24, 2.45) is 0 Å². The number of aromatic nitrogens is 1. The lowest BCUT2D eigenvalue weighted by atomic mass is 10.2. The van der Waals surface area contributed by atoms with Gasteiger partial charge in [0.25, 0.3) is 0 Å². The van der Waals surface area contributed by atoms with Gasteiger partial charge in [-0.15, -0.1) is 0 Å². The summed E-state index contributed by atoms with van der Waals surface area (Å²) in [5, 5.41) is 10.1. The van der Waals surface area contributed by atoms with Crippen molar-refractivity contribution in [2.45, 2.75) is 13.5 Å². The van der Waals surface area contributed by atoms with Crippen LogP contribution in [0.4, 0.5) is 0 Å². The monoisotopic (exact) mass is 174 g/mol. The van der Waals surface area contributed by atoms with E-state index in [0.717, 1.165) is 0 Å². The zero-order valence-corrected chi connectivity index (χ0v) is 7.62. The van der Waals surface area contributed by atoms with Crippen molar-refractivity contribution in [2.75, 3.05) is 6.61 Å². The Labute approximate surface area is 77.4 Å². The molecule has 1 radical (unpaired) electrons. The number of benzene rings is 1. The van der Waals surface area contributed by atoms with Gasteiger partial charge in [0.05, 0.1) is 6.61 Å². The highest BCUT2D eigenvalue weighted by molar-refractivity contribution is 5.81. The van der Waals surface area contributed by atoms with Gasteiger partial charge in [-0.1, -0.05) is 6.07 Å². The SMILES string of the molecule is Cc1cc2c[c]ccc2n1CCO. The molecule has 0 aliphatic heterocycles. The summed E-state index contributed by atoms with van der Waals surface area (Å²) in [6, 6.07) is 11.0. The second-order valence-electron chi connectivity index (χ2n) is 3.15. The lowest BCUT2D eigenvalue weighted by Gasteiger charge is -2.04. The van der Waals surface area contributed by atoms with E-state index in [-0.39, 0.29) is 6.61 Å². The van der Waals surface area contributed by atoms with E-state index in [9.17, 15) is 0 Å². The Kier molecular flexibility index (Phi) is 2.07. The molecule has 0 unspecified atom stereocenters. The minimum absolute atomic E-state index is 0.184. The van der Waals surface area contributed by atoms with Crippen molar-refractivity contribution in [3.8, 4) is 0 Å². The molecule has 1 aromatic heterocycles. The van der Waals surface area contributed by atoms with Gasteiger partial charge in [-0.3, -0.25) is 0 Å². The van der Waals surface area contributed by atoms with Gasteiger partial charge in [-0.25, -0.2) is 0 Å². The Bertz CT molecular complexity index is 417. The van der Waals surface area contributed by atoms with Crippen LogP contribution < -0.4 is 0 Å². The van der Waals surface area contributed by atoms with Crippen molar-refractivity contribution in [1.29, 1.82) is 0 Å². The summed E-state index contributed by atoms with van der Waals surface area (Å²) in [5.41, 5.74) is 2.36. The number of aliphatic hydroxyl groups is 1.